The average molecular weight is 210 g/mol. The fourth-order valence-corrected chi connectivity index (χ4v) is 3.16. The second-order valence-electron chi connectivity index (χ2n) is 5.07. The quantitative estimate of drug-likeness (QED) is 0.751. The van der Waals surface area contributed by atoms with Crippen molar-refractivity contribution in [3.8, 4) is 0 Å². The predicted molar refractivity (Wildman–Crippen MR) is 60.3 cm³/mol. The average Bonchev–Trinajstić information content (AvgIpc) is 2.86. The summed E-state index contributed by atoms with van der Waals surface area (Å²) in [5, 5.41) is 0. The molecule has 1 saturated carbocycles. The number of rotatable bonds is 2. The van der Waals surface area contributed by atoms with Crippen molar-refractivity contribution in [2.24, 2.45) is 11.7 Å². The van der Waals surface area contributed by atoms with Gasteiger partial charge in [0.05, 0.1) is 6.04 Å². The third-order valence-corrected chi connectivity index (χ3v) is 3.92. The SMILES string of the molecule is C[C@@H](N)C(=O)N1CCCC1C1CCCC1. The maximum Gasteiger partial charge on any atom is 0.239 e. The van der Waals surface area contributed by atoms with Crippen molar-refractivity contribution in [3.63, 3.8) is 0 Å². The van der Waals surface area contributed by atoms with E-state index in [2.05, 4.69) is 4.90 Å². The molecule has 1 unspecified atom stereocenters. The van der Waals surface area contributed by atoms with E-state index in [1.807, 2.05) is 0 Å². The van der Waals surface area contributed by atoms with Crippen LogP contribution in [0.3, 0.4) is 0 Å². The summed E-state index contributed by atoms with van der Waals surface area (Å²) >= 11 is 0. The zero-order chi connectivity index (χ0) is 10.8. The van der Waals surface area contributed by atoms with Crippen molar-refractivity contribution in [2.75, 3.05) is 6.54 Å². The van der Waals surface area contributed by atoms with Gasteiger partial charge in [-0.05, 0) is 38.5 Å². The summed E-state index contributed by atoms with van der Waals surface area (Å²) in [6.45, 7) is 2.73. The van der Waals surface area contributed by atoms with E-state index in [1.165, 1.54) is 38.5 Å². The molecule has 1 amide bonds. The van der Waals surface area contributed by atoms with E-state index in [-0.39, 0.29) is 11.9 Å². The standard InChI is InChI=1S/C12H22N2O/c1-9(13)12(15)14-8-4-7-11(14)10-5-2-3-6-10/h9-11H,2-8,13H2,1H3/t9-,11?/m1/s1. The lowest BCUT2D eigenvalue weighted by molar-refractivity contribution is -0.133. The second-order valence-corrected chi connectivity index (χ2v) is 5.07. The van der Waals surface area contributed by atoms with E-state index in [0.717, 1.165) is 12.5 Å². The van der Waals surface area contributed by atoms with Gasteiger partial charge in [0.15, 0.2) is 0 Å². The van der Waals surface area contributed by atoms with Crippen LogP contribution in [0.25, 0.3) is 0 Å². The van der Waals surface area contributed by atoms with E-state index in [4.69, 9.17) is 5.73 Å². The largest absolute Gasteiger partial charge is 0.338 e. The van der Waals surface area contributed by atoms with Crippen molar-refractivity contribution in [1.82, 2.24) is 4.90 Å². The molecule has 0 spiro atoms. The molecule has 2 atom stereocenters. The van der Waals surface area contributed by atoms with Crippen molar-refractivity contribution >= 4 is 5.91 Å². The molecule has 86 valence electrons. The Kier molecular flexibility index (Phi) is 3.29. The van der Waals surface area contributed by atoms with Gasteiger partial charge in [0.25, 0.3) is 0 Å². The third-order valence-electron chi connectivity index (χ3n) is 3.92. The molecular weight excluding hydrogens is 188 g/mol. The van der Waals surface area contributed by atoms with E-state index < -0.39 is 0 Å². The lowest BCUT2D eigenvalue weighted by atomic mass is 9.96. The van der Waals surface area contributed by atoms with Gasteiger partial charge in [-0.15, -0.1) is 0 Å². The molecule has 3 nitrogen and oxygen atoms in total. The Hall–Kier alpha value is -0.570. The molecule has 2 aliphatic rings. The molecule has 1 aliphatic heterocycles. The summed E-state index contributed by atoms with van der Waals surface area (Å²) in [7, 11) is 0. The van der Waals surface area contributed by atoms with Crippen molar-refractivity contribution < 1.29 is 4.79 Å². The molecule has 0 aromatic heterocycles. The number of hydrogen-bond acceptors (Lipinski definition) is 2. The maximum atomic E-state index is 11.9. The van der Waals surface area contributed by atoms with Crippen LogP contribution in [0, 0.1) is 5.92 Å². The van der Waals surface area contributed by atoms with Crippen LogP contribution in [0.1, 0.15) is 45.4 Å². The molecule has 1 aliphatic carbocycles. The van der Waals surface area contributed by atoms with E-state index in [0.29, 0.717) is 6.04 Å². The van der Waals surface area contributed by atoms with Crippen LogP contribution in [0.5, 0.6) is 0 Å². The number of amides is 1. The highest BCUT2D eigenvalue weighted by Crippen LogP contribution is 2.35. The summed E-state index contributed by atoms with van der Waals surface area (Å²) < 4.78 is 0. The third kappa shape index (κ3) is 2.17. The minimum atomic E-state index is -0.327. The topological polar surface area (TPSA) is 46.3 Å². The highest BCUT2D eigenvalue weighted by Gasteiger charge is 2.36. The molecular formula is C12H22N2O. The molecule has 2 fully saturated rings. The first kappa shape index (κ1) is 10.9. The van der Waals surface area contributed by atoms with Crippen LogP contribution >= 0.6 is 0 Å². The first-order valence-electron chi connectivity index (χ1n) is 6.26. The van der Waals surface area contributed by atoms with E-state index in [1.54, 1.807) is 6.92 Å². The minimum Gasteiger partial charge on any atom is -0.338 e. The van der Waals surface area contributed by atoms with E-state index in [9.17, 15) is 4.79 Å². The minimum absolute atomic E-state index is 0.157. The summed E-state index contributed by atoms with van der Waals surface area (Å²) in [4.78, 5) is 14.0. The van der Waals surface area contributed by atoms with Gasteiger partial charge in [0.2, 0.25) is 5.91 Å². The van der Waals surface area contributed by atoms with Gasteiger partial charge in [0.1, 0.15) is 0 Å². The summed E-state index contributed by atoms with van der Waals surface area (Å²) in [5.74, 6) is 0.916. The Morgan fingerprint density at radius 3 is 2.53 bits per heavy atom. The maximum absolute atomic E-state index is 11.9. The molecule has 0 aromatic rings. The van der Waals surface area contributed by atoms with Gasteiger partial charge >= 0.3 is 0 Å². The van der Waals surface area contributed by atoms with Crippen molar-refractivity contribution in [1.29, 1.82) is 0 Å². The predicted octanol–water partition coefficient (Wildman–Crippen LogP) is 1.51. The van der Waals surface area contributed by atoms with Crippen LogP contribution in [-0.4, -0.2) is 29.4 Å². The highest BCUT2D eigenvalue weighted by atomic mass is 16.2. The molecule has 1 saturated heterocycles. The number of nitrogens with zero attached hydrogens (tertiary/aromatic N) is 1. The van der Waals surface area contributed by atoms with Crippen LogP contribution in [0.4, 0.5) is 0 Å². The fraction of sp³-hybridized carbons (Fsp3) is 0.917. The normalized spacial score (nSPS) is 29.7. The monoisotopic (exact) mass is 210 g/mol. The number of carbonyl (C=O) groups excluding carboxylic acids is 1. The molecule has 3 heteroatoms. The zero-order valence-electron chi connectivity index (χ0n) is 9.61. The molecule has 2 N–H and O–H groups in total. The van der Waals surface area contributed by atoms with Gasteiger partial charge in [0, 0.05) is 12.6 Å². The molecule has 0 aromatic carbocycles. The fourth-order valence-electron chi connectivity index (χ4n) is 3.16. The van der Waals surface area contributed by atoms with Crippen LogP contribution in [0.2, 0.25) is 0 Å². The van der Waals surface area contributed by atoms with Crippen molar-refractivity contribution in [3.05, 3.63) is 0 Å². The second kappa shape index (κ2) is 4.52. The Balaban J connectivity index is 2.01. The number of carbonyl (C=O) groups is 1. The van der Waals surface area contributed by atoms with Gasteiger partial charge < -0.3 is 10.6 Å². The molecule has 2 rings (SSSR count). The zero-order valence-corrected chi connectivity index (χ0v) is 9.61. The van der Waals surface area contributed by atoms with Gasteiger partial charge in [-0.2, -0.15) is 0 Å². The van der Waals surface area contributed by atoms with Crippen LogP contribution in [0.15, 0.2) is 0 Å². The van der Waals surface area contributed by atoms with Gasteiger partial charge in [-0.3, -0.25) is 4.79 Å². The molecule has 0 bridgehead atoms. The van der Waals surface area contributed by atoms with E-state index >= 15 is 0 Å². The van der Waals surface area contributed by atoms with Crippen LogP contribution in [-0.2, 0) is 4.79 Å². The van der Waals surface area contributed by atoms with Gasteiger partial charge in [-0.25, -0.2) is 0 Å². The van der Waals surface area contributed by atoms with Gasteiger partial charge in [-0.1, -0.05) is 12.8 Å². The Morgan fingerprint density at radius 2 is 1.93 bits per heavy atom. The summed E-state index contributed by atoms with van der Waals surface area (Å²) in [6.07, 6.45) is 7.69. The molecule has 0 radical (unpaired) electrons. The first-order valence-corrected chi connectivity index (χ1v) is 6.26. The first-order chi connectivity index (χ1) is 7.20. The summed E-state index contributed by atoms with van der Waals surface area (Å²) in [5.41, 5.74) is 5.69. The Morgan fingerprint density at radius 1 is 1.27 bits per heavy atom. The molecule has 1 heterocycles. The lowest BCUT2D eigenvalue weighted by Crippen LogP contribution is -2.46. The highest BCUT2D eigenvalue weighted by molar-refractivity contribution is 5.81. The summed E-state index contributed by atoms with van der Waals surface area (Å²) in [6, 6.07) is 0.179. The Bertz CT molecular complexity index is 234. The smallest absolute Gasteiger partial charge is 0.239 e. The van der Waals surface area contributed by atoms with Crippen LogP contribution < -0.4 is 5.73 Å². The number of nitrogens with two attached hydrogens (primary N) is 1. The number of hydrogen-bond donors (Lipinski definition) is 1. The lowest BCUT2D eigenvalue weighted by Gasteiger charge is -2.30. The van der Waals surface area contributed by atoms with Crippen molar-refractivity contribution in [2.45, 2.75) is 57.5 Å². The number of likely N-dealkylation sites (tertiary alicyclic amines) is 1. The molecule has 15 heavy (non-hydrogen) atoms. The Labute approximate surface area is 92.0 Å².